The van der Waals surface area contributed by atoms with Crippen LogP contribution in [0.15, 0.2) is 47.6 Å². The molecular weight excluding hydrogens is 240 g/mol. The molecule has 0 radical (unpaired) electrons. The van der Waals surface area contributed by atoms with Crippen LogP contribution >= 0.6 is 0 Å². The highest BCUT2D eigenvalue weighted by Crippen LogP contribution is 2.24. The van der Waals surface area contributed by atoms with Gasteiger partial charge >= 0.3 is 0 Å². The van der Waals surface area contributed by atoms with Crippen molar-refractivity contribution in [2.45, 2.75) is 26.4 Å². The Morgan fingerprint density at radius 3 is 2.47 bits per heavy atom. The minimum Gasteiger partial charge on any atom is -0.388 e. The molecule has 2 rings (SSSR count). The van der Waals surface area contributed by atoms with Crippen LogP contribution in [0.1, 0.15) is 41.0 Å². The van der Waals surface area contributed by atoms with Crippen LogP contribution in [-0.4, -0.2) is 22.8 Å². The van der Waals surface area contributed by atoms with Crippen LogP contribution < -0.4 is 0 Å². The Morgan fingerprint density at radius 1 is 1.21 bits per heavy atom. The molecule has 3 heteroatoms. The highest BCUT2D eigenvalue weighted by Gasteiger charge is 2.28. The molecule has 0 aromatic heterocycles. The van der Waals surface area contributed by atoms with Crippen molar-refractivity contribution in [3.8, 4) is 0 Å². The lowest BCUT2D eigenvalue weighted by Crippen LogP contribution is -2.24. The lowest BCUT2D eigenvalue weighted by Gasteiger charge is -2.18. The van der Waals surface area contributed by atoms with Gasteiger partial charge in [0.25, 0.3) is 0 Å². The van der Waals surface area contributed by atoms with Gasteiger partial charge in [-0.15, -0.1) is 0 Å². The first kappa shape index (κ1) is 13.4. The molecule has 0 amide bonds. The first-order chi connectivity index (χ1) is 9.00. The molecule has 98 valence electrons. The fraction of sp³-hybridized carbons (Fsp3) is 0.250. The van der Waals surface area contributed by atoms with Crippen molar-refractivity contribution in [2.75, 3.05) is 0 Å². The van der Waals surface area contributed by atoms with Crippen LogP contribution in [-0.2, 0) is 0 Å². The van der Waals surface area contributed by atoms with E-state index in [-0.39, 0.29) is 17.1 Å². The molecule has 0 bridgehead atoms. The number of carbonyl (C=O) groups excluding carboxylic acids is 2. The molecule has 19 heavy (non-hydrogen) atoms. The van der Waals surface area contributed by atoms with Crippen LogP contribution in [0.5, 0.6) is 0 Å². The normalized spacial score (nSPS) is 15.6. The van der Waals surface area contributed by atoms with Gasteiger partial charge in [0, 0.05) is 16.7 Å². The first-order valence-electron chi connectivity index (χ1n) is 6.21. The summed E-state index contributed by atoms with van der Waals surface area (Å²) >= 11 is 0. The van der Waals surface area contributed by atoms with Gasteiger partial charge in [0.2, 0.25) is 0 Å². The maximum atomic E-state index is 12.2. The Morgan fingerprint density at radius 2 is 1.84 bits per heavy atom. The smallest absolute Gasteiger partial charge is 0.192 e. The van der Waals surface area contributed by atoms with E-state index >= 15 is 0 Å². The van der Waals surface area contributed by atoms with E-state index in [1.54, 1.807) is 24.3 Å². The van der Waals surface area contributed by atoms with Gasteiger partial charge in [-0.2, -0.15) is 0 Å². The van der Waals surface area contributed by atoms with E-state index in [2.05, 4.69) is 0 Å². The molecule has 0 saturated carbocycles. The lowest BCUT2D eigenvalue weighted by molar-refractivity contribution is 0.0948. The van der Waals surface area contributed by atoms with E-state index in [1.807, 2.05) is 19.9 Å². The maximum absolute atomic E-state index is 12.2. The summed E-state index contributed by atoms with van der Waals surface area (Å²) in [4.78, 5) is 24.2. The molecule has 1 aliphatic rings. The largest absolute Gasteiger partial charge is 0.388 e. The molecule has 0 saturated heterocycles. The Hall–Kier alpha value is -2.00. The second-order valence-corrected chi connectivity index (χ2v) is 4.87. The quantitative estimate of drug-likeness (QED) is 0.846. The van der Waals surface area contributed by atoms with Gasteiger partial charge < -0.3 is 5.11 Å². The van der Waals surface area contributed by atoms with Crippen molar-refractivity contribution in [1.82, 2.24) is 0 Å². The van der Waals surface area contributed by atoms with Crippen molar-refractivity contribution >= 4 is 11.6 Å². The molecule has 1 aromatic carbocycles. The van der Waals surface area contributed by atoms with Crippen LogP contribution in [0, 0.1) is 0 Å². The number of carbonyl (C=O) groups is 2. The second kappa shape index (κ2) is 5.33. The van der Waals surface area contributed by atoms with E-state index in [4.69, 9.17) is 0 Å². The molecule has 1 aromatic rings. The Labute approximate surface area is 112 Å². The summed E-state index contributed by atoms with van der Waals surface area (Å²) in [6.07, 6.45) is 2.52. The SMILES string of the molecule is CC(C)=CCC(O)C1=CC(=O)c2ccccc2C1=O. The maximum Gasteiger partial charge on any atom is 0.192 e. The third-order valence-corrected chi connectivity index (χ3v) is 3.09. The van der Waals surface area contributed by atoms with E-state index in [0.717, 1.165) is 5.57 Å². The molecule has 0 heterocycles. The number of aliphatic hydroxyl groups excluding tert-OH is 1. The summed E-state index contributed by atoms with van der Waals surface area (Å²) < 4.78 is 0. The topological polar surface area (TPSA) is 54.4 Å². The molecule has 0 aliphatic heterocycles. The number of rotatable bonds is 3. The van der Waals surface area contributed by atoms with Crippen LogP contribution in [0.4, 0.5) is 0 Å². The van der Waals surface area contributed by atoms with Gasteiger partial charge in [0.05, 0.1) is 6.10 Å². The van der Waals surface area contributed by atoms with E-state index in [1.165, 1.54) is 6.08 Å². The van der Waals surface area contributed by atoms with Crippen molar-refractivity contribution in [1.29, 1.82) is 0 Å². The Bertz CT molecular complexity index is 590. The van der Waals surface area contributed by atoms with Gasteiger partial charge in [-0.25, -0.2) is 0 Å². The number of ketones is 2. The minimum absolute atomic E-state index is 0.182. The zero-order valence-corrected chi connectivity index (χ0v) is 11.0. The molecule has 0 spiro atoms. The average molecular weight is 256 g/mol. The summed E-state index contributed by atoms with van der Waals surface area (Å²) in [5, 5.41) is 10.1. The zero-order chi connectivity index (χ0) is 14.0. The Balaban J connectivity index is 2.32. The van der Waals surface area contributed by atoms with Crippen molar-refractivity contribution < 1.29 is 14.7 Å². The monoisotopic (exact) mass is 256 g/mol. The lowest BCUT2D eigenvalue weighted by atomic mass is 9.86. The summed E-state index contributed by atoms with van der Waals surface area (Å²) in [6.45, 7) is 3.84. The summed E-state index contributed by atoms with van der Waals surface area (Å²) in [6, 6.07) is 6.69. The Kier molecular flexibility index (Phi) is 3.76. The summed E-state index contributed by atoms with van der Waals surface area (Å²) in [7, 11) is 0. The van der Waals surface area contributed by atoms with Crippen LogP contribution in [0.25, 0.3) is 0 Å². The van der Waals surface area contributed by atoms with Gasteiger partial charge in [-0.1, -0.05) is 35.9 Å². The first-order valence-corrected chi connectivity index (χ1v) is 6.21. The fourth-order valence-electron chi connectivity index (χ4n) is 2.06. The number of hydrogen-bond acceptors (Lipinski definition) is 3. The van der Waals surface area contributed by atoms with Gasteiger partial charge in [0.1, 0.15) is 0 Å². The number of fused-ring (bicyclic) bond motifs is 1. The molecule has 1 atom stereocenters. The van der Waals surface area contributed by atoms with E-state index in [0.29, 0.717) is 17.5 Å². The average Bonchev–Trinajstić information content (AvgIpc) is 2.40. The third kappa shape index (κ3) is 2.71. The van der Waals surface area contributed by atoms with E-state index < -0.39 is 6.10 Å². The van der Waals surface area contributed by atoms with Crippen molar-refractivity contribution in [2.24, 2.45) is 0 Å². The van der Waals surface area contributed by atoms with Crippen LogP contribution in [0.3, 0.4) is 0 Å². The molecule has 0 fully saturated rings. The van der Waals surface area contributed by atoms with Gasteiger partial charge in [0.15, 0.2) is 11.6 Å². The number of allylic oxidation sites excluding steroid dienone is 2. The predicted octanol–water partition coefficient (Wildman–Crippen LogP) is 2.71. The summed E-state index contributed by atoms with van der Waals surface area (Å²) in [5.74, 6) is -0.480. The fourth-order valence-corrected chi connectivity index (χ4v) is 2.06. The molecule has 1 N–H and O–H groups in total. The van der Waals surface area contributed by atoms with Crippen molar-refractivity contribution in [3.63, 3.8) is 0 Å². The minimum atomic E-state index is -0.931. The van der Waals surface area contributed by atoms with Crippen molar-refractivity contribution in [3.05, 3.63) is 58.7 Å². The third-order valence-electron chi connectivity index (χ3n) is 3.09. The highest BCUT2D eigenvalue weighted by molar-refractivity contribution is 6.24. The number of aliphatic hydroxyl groups is 1. The molecule has 3 nitrogen and oxygen atoms in total. The summed E-state index contributed by atoms with van der Waals surface area (Å²) in [5.41, 5.74) is 2.03. The standard InChI is InChI=1S/C16H16O3/c1-10(2)7-8-14(17)13-9-15(18)11-5-3-4-6-12(11)16(13)19/h3-7,9,14,17H,8H2,1-2H3. The second-order valence-electron chi connectivity index (χ2n) is 4.87. The number of hydrogen-bond donors (Lipinski definition) is 1. The highest BCUT2D eigenvalue weighted by atomic mass is 16.3. The number of benzene rings is 1. The van der Waals surface area contributed by atoms with Crippen LogP contribution in [0.2, 0.25) is 0 Å². The molecule has 1 unspecified atom stereocenters. The van der Waals surface area contributed by atoms with Gasteiger partial charge in [-0.3, -0.25) is 9.59 Å². The van der Waals surface area contributed by atoms with E-state index in [9.17, 15) is 14.7 Å². The molecule has 1 aliphatic carbocycles. The molecular formula is C16H16O3. The predicted molar refractivity (Wildman–Crippen MR) is 73.2 cm³/mol. The van der Waals surface area contributed by atoms with Gasteiger partial charge in [-0.05, 0) is 26.3 Å². The zero-order valence-electron chi connectivity index (χ0n) is 11.0. The number of Topliss-reactive ketones (excluding diaryl/α,β-unsaturated/α-hetero) is 1.